The Morgan fingerprint density at radius 3 is 2.93 bits per heavy atom. The minimum atomic E-state index is -0.541. The van der Waals surface area contributed by atoms with Crippen LogP contribution in [0.5, 0.6) is 0 Å². The molecule has 0 aliphatic rings. The Labute approximate surface area is 94.0 Å². The van der Waals surface area contributed by atoms with Crippen molar-refractivity contribution in [3.8, 4) is 0 Å². The van der Waals surface area contributed by atoms with Gasteiger partial charge in [-0.25, -0.2) is 5.48 Å². The van der Waals surface area contributed by atoms with E-state index in [1.54, 1.807) is 17.6 Å². The SMILES string of the molecule is O=C(NO)c1ccnc2c(Br)cccc12. The molecule has 1 aromatic heterocycles. The monoisotopic (exact) mass is 266 g/mol. The molecule has 0 radical (unpaired) electrons. The summed E-state index contributed by atoms with van der Waals surface area (Å²) in [5.41, 5.74) is 2.70. The molecule has 0 fully saturated rings. The average Bonchev–Trinajstić information content (AvgIpc) is 2.28. The zero-order chi connectivity index (χ0) is 10.8. The van der Waals surface area contributed by atoms with Gasteiger partial charge >= 0.3 is 0 Å². The Bertz CT molecular complexity index is 528. The number of aromatic nitrogens is 1. The topological polar surface area (TPSA) is 62.2 Å². The summed E-state index contributed by atoms with van der Waals surface area (Å²) >= 11 is 3.35. The van der Waals surface area contributed by atoms with Crippen LogP contribution in [0.1, 0.15) is 10.4 Å². The molecule has 0 spiro atoms. The van der Waals surface area contributed by atoms with Crippen LogP contribution in [0.15, 0.2) is 34.9 Å². The number of nitrogens with zero attached hydrogens (tertiary/aromatic N) is 1. The molecule has 2 N–H and O–H groups in total. The van der Waals surface area contributed by atoms with Crippen molar-refractivity contribution in [1.82, 2.24) is 10.5 Å². The number of rotatable bonds is 1. The van der Waals surface area contributed by atoms with Gasteiger partial charge in [-0.15, -0.1) is 0 Å². The van der Waals surface area contributed by atoms with Gasteiger partial charge in [0.25, 0.3) is 5.91 Å². The molecule has 4 nitrogen and oxygen atoms in total. The second-order valence-corrected chi connectivity index (χ2v) is 3.79. The van der Waals surface area contributed by atoms with Crippen molar-refractivity contribution in [3.63, 3.8) is 0 Å². The lowest BCUT2D eigenvalue weighted by molar-refractivity contribution is 0.0708. The number of pyridine rings is 1. The minimum Gasteiger partial charge on any atom is -0.288 e. The number of para-hydroxylation sites is 1. The second-order valence-electron chi connectivity index (χ2n) is 2.94. The first-order valence-electron chi connectivity index (χ1n) is 4.21. The van der Waals surface area contributed by atoms with E-state index in [0.29, 0.717) is 16.5 Å². The molecule has 1 heterocycles. The highest BCUT2D eigenvalue weighted by atomic mass is 79.9. The fourth-order valence-electron chi connectivity index (χ4n) is 1.40. The summed E-state index contributed by atoms with van der Waals surface area (Å²) < 4.78 is 0.813. The predicted octanol–water partition coefficient (Wildman–Crippen LogP) is 2.12. The lowest BCUT2D eigenvalue weighted by Gasteiger charge is -2.04. The third-order valence-electron chi connectivity index (χ3n) is 2.07. The average molecular weight is 267 g/mol. The van der Waals surface area contributed by atoms with Crippen molar-refractivity contribution in [3.05, 3.63) is 40.5 Å². The Hall–Kier alpha value is -1.46. The van der Waals surface area contributed by atoms with Crippen LogP contribution in [0, 0.1) is 0 Å². The fourth-order valence-corrected chi connectivity index (χ4v) is 1.87. The van der Waals surface area contributed by atoms with Crippen LogP contribution >= 0.6 is 15.9 Å². The standard InChI is InChI=1S/C10H7BrN2O2/c11-8-3-1-2-6-7(10(14)13-15)4-5-12-9(6)8/h1-5,15H,(H,13,14). The highest BCUT2D eigenvalue weighted by Gasteiger charge is 2.10. The summed E-state index contributed by atoms with van der Waals surface area (Å²) in [4.78, 5) is 15.5. The summed E-state index contributed by atoms with van der Waals surface area (Å²) in [6.45, 7) is 0. The van der Waals surface area contributed by atoms with Crippen LogP contribution in [0.4, 0.5) is 0 Å². The molecule has 0 unspecified atom stereocenters. The normalized spacial score (nSPS) is 10.3. The highest BCUT2D eigenvalue weighted by Crippen LogP contribution is 2.23. The van der Waals surface area contributed by atoms with Gasteiger partial charge in [0.05, 0.1) is 11.1 Å². The number of fused-ring (bicyclic) bond motifs is 1. The van der Waals surface area contributed by atoms with Crippen LogP contribution in [-0.4, -0.2) is 16.1 Å². The quantitative estimate of drug-likeness (QED) is 0.614. The first-order chi connectivity index (χ1) is 7.24. The smallest absolute Gasteiger partial charge is 0.275 e. The van der Waals surface area contributed by atoms with Gasteiger partial charge in [-0.2, -0.15) is 0 Å². The lowest BCUT2D eigenvalue weighted by Crippen LogP contribution is -2.18. The van der Waals surface area contributed by atoms with Crippen molar-refractivity contribution in [2.45, 2.75) is 0 Å². The van der Waals surface area contributed by atoms with Crippen molar-refractivity contribution < 1.29 is 10.0 Å². The Balaban J connectivity index is 2.77. The zero-order valence-corrected chi connectivity index (χ0v) is 9.15. The van der Waals surface area contributed by atoms with Gasteiger partial charge in [-0.3, -0.25) is 15.0 Å². The highest BCUT2D eigenvalue weighted by molar-refractivity contribution is 9.10. The first-order valence-corrected chi connectivity index (χ1v) is 5.01. The van der Waals surface area contributed by atoms with Gasteiger partial charge in [-0.1, -0.05) is 12.1 Å². The number of carbonyl (C=O) groups is 1. The van der Waals surface area contributed by atoms with Crippen molar-refractivity contribution in [2.75, 3.05) is 0 Å². The number of halogens is 1. The van der Waals surface area contributed by atoms with E-state index < -0.39 is 5.91 Å². The van der Waals surface area contributed by atoms with E-state index in [-0.39, 0.29) is 0 Å². The Kier molecular flexibility index (Phi) is 2.66. The molecule has 2 rings (SSSR count). The molecule has 1 aromatic carbocycles. The molecule has 15 heavy (non-hydrogen) atoms. The van der Waals surface area contributed by atoms with Crippen LogP contribution in [0.3, 0.4) is 0 Å². The van der Waals surface area contributed by atoms with E-state index in [4.69, 9.17) is 5.21 Å². The number of benzene rings is 1. The summed E-state index contributed by atoms with van der Waals surface area (Å²) in [6.07, 6.45) is 1.53. The van der Waals surface area contributed by atoms with E-state index in [9.17, 15) is 4.79 Å². The second kappa shape index (κ2) is 3.96. The van der Waals surface area contributed by atoms with Crippen molar-refractivity contribution >= 4 is 32.7 Å². The molecule has 0 saturated heterocycles. The van der Waals surface area contributed by atoms with Crippen LogP contribution in [0.25, 0.3) is 10.9 Å². The molecule has 0 saturated carbocycles. The summed E-state index contributed by atoms with van der Waals surface area (Å²) in [5.74, 6) is -0.541. The molecule has 0 atom stereocenters. The molecule has 76 valence electrons. The van der Waals surface area contributed by atoms with E-state index >= 15 is 0 Å². The molecule has 1 amide bonds. The number of hydrogen-bond donors (Lipinski definition) is 2. The molecule has 5 heteroatoms. The molecular formula is C10H7BrN2O2. The van der Waals surface area contributed by atoms with E-state index in [0.717, 1.165) is 4.47 Å². The number of carbonyl (C=O) groups excluding carboxylic acids is 1. The molecule has 0 bridgehead atoms. The number of nitrogens with one attached hydrogen (secondary N) is 1. The largest absolute Gasteiger partial charge is 0.288 e. The molecule has 0 aliphatic heterocycles. The maximum absolute atomic E-state index is 11.3. The number of hydrogen-bond acceptors (Lipinski definition) is 3. The third-order valence-corrected chi connectivity index (χ3v) is 2.71. The van der Waals surface area contributed by atoms with Crippen LogP contribution in [-0.2, 0) is 0 Å². The third kappa shape index (κ3) is 1.71. The van der Waals surface area contributed by atoms with E-state index in [1.807, 2.05) is 12.1 Å². The summed E-state index contributed by atoms with van der Waals surface area (Å²) in [7, 11) is 0. The summed E-state index contributed by atoms with van der Waals surface area (Å²) in [5, 5.41) is 9.28. The zero-order valence-electron chi connectivity index (χ0n) is 7.57. The van der Waals surface area contributed by atoms with E-state index in [2.05, 4.69) is 20.9 Å². The van der Waals surface area contributed by atoms with Gasteiger partial charge in [0, 0.05) is 16.1 Å². The summed E-state index contributed by atoms with van der Waals surface area (Å²) in [6, 6.07) is 6.98. The van der Waals surface area contributed by atoms with Gasteiger partial charge in [0.2, 0.25) is 0 Å². The van der Waals surface area contributed by atoms with Gasteiger partial charge < -0.3 is 0 Å². The molecule has 2 aromatic rings. The van der Waals surface area contributed by atoms with Gasteiger partial charge in [0.15, 0.2) is 0 Å². The lowest BCUT2D eigenvalue weighted by atomic mass is 10.1. The fraction of sp³-hybridized carbons (Fsp3) is 0. The van der Waals surface area contributed by atoms with Gasteiger partial charge in [0.1, 0.15) is 0 Å². The predicted molar refractivity (Wildman–Crippen MR) is 58.7 cm³/mol. The van der Waals surface area contributed by atoms with E-state index in [1.165, 1.54) is 6.20 Å². The Morgan fingerprint density at radius 1 is 1.40 bits per heavy atom. The number of amides is 1. The van der Waals surface area contributed by atoms with Crippen LogP contribution in [0.2, 0.25) is 0 Å². The maximum Gasteiger partial charge on any atom is 0.275 e. The Morgan fingerprint density at radius 2 is 2.20 bits per heavy atom. The van der Waals surface area contributed by atoms with Crippen LogP contribution < -0.4 is 5.48 Å². The van der Waals surface area contributed by atoms with Gasteiger partial charge in [-0.05, 0) is 28.1 Å². The molecular weight excluding hydrogens is 260 g/mol. The molecule has 0 aliphatic carbocycles. The number of hydroxylamine groups is 1. The first kappa shape index (κ1) is 10.1. The minimum absolute atomic E-state index is 0.392. The van der Waals surface area contributed by atoms with Crippen molar-refractivity contribution in [1.29, 1.82) is 0 Å². The maximum atomic E-state index is 11.3. The van der Waals surface area contributed by atoms with Crippen molar-refractivity contribution in [2.24, 2.45) is 0 Å².